The van der Waals surface area contributed by atoms with E-state index in [0.29, 0.717) is 18.8 Å². The molecule has 0 saturated carbocycles. The summed E-state index contributed by atoms with van der Waals surface area (Å²) in [5.74, 6) is 0.895. The van der Waals surface area contributed by atoms with Crippen LogP contribution in [0.2, 0.25) is 5.02 Å². The van der Waals surface area contributed by atoms with Gasteiger partial charge in [0.15, 0.2) is 0 Å². The van der Waals surface area contributed by atoms with E-state index in [1.165, 1.54) is 12.1 Å². The molecule has 0 fully saturated rings. The molecule has 0 saturated heterocycles. The van der Waals surface area contributed by atoms with Gasteiger partial charge in [-0.05, 0) is 35.9 Å². The number of hydrogen-bond acceptors (Lipinski definition) is 3. The summed E-state index contributed by atoms with van der Waals surface area (Å²) >= 11 is 5.79. The summed E-state index contributed by atoms with van der Waals surface area (Å²) < 4.78 is 18.9. The normalized spacial score (nSPS) is 11.8. The third kappa shape index (κ3) is 5.06. The number of hydrogen-bond donors (Lipinski definition) is 2. The molecule has 0 spiro atoms. The van der Waals surface area contributed by atoms with E-state index in [1.807, 2.05) is 42.5 Å². The molecule has 1 atom stereocenters. The first-order chi connectivity index (χ1) is 11.6. The molecule has 1 heterocycles. The van der Waals surface area contributed by atoms with E-state index >= 15 is 0 Å². The lowest BCUT2D eigenvalue weighted by molar-refractivity contribution is 0.173. The van der Waals surface area contributed by atoms with Crippen LogP contribution >= 0.6 is 24.0 Å². The van der Waals surface area contributed by atoms with Crippen molar-refractivity contribution >= 4 is 24.0 Å². The molecule has 2 N–H and O–H groups in total. The van der Waals surface area contributed by atoms with Gasteiger partial charge in [0, 0.05) is 12.1 Å². The third-order valence-corrected chi connectivity index (χ3v) is 3.98. The van der Waals surface area contributed by atoms with Crippen LogP contribution in [-0.4, -0.2) is 11.7 Å². The minimum atomic E-state index is -0.573. The summed E-state index contributed by atoms with van der Waals surface area (Å²) in [6, 6.07) is 17.6. The van der Waals surface area contributed by atoms with Crippen LogP contribution in [0.3, 0.4) is 0 Å². The van der Waals surface area contributed by atoms with Crippen molar-refractivity contribution in [3.8, 4) is 11.3 Å². The van der Waals surface area contributed by atoms with Crippen LogP contribution in [0.25, 0.3) is 11.3 Å². The van der Waals surface area contributed by atoms with E-state index in [9.17, 15) is 9.50 Å². The summed E-state index contributed by atoms with van der Waals surface area (Å²) in [6.07, 6.45) is -0.573. The Morgan fingerprint density at radius 1 is 1.08 bits per heavy atom. The molecule has 0 bridgehead atoms. The van der Waals surface area contributed by atoms with Crippen LogP contribution in [0, 0.1) is 5.82 Å². The lowest BCUT2D eigenvalue weighted by atomic mass is 10.1. The van der Waals surface area contributed by atoms with Crippen molar-refractivity contribution in [1.29, 1.82) is 0 Å². The van der Waals surface area contributed by atoms with Gasteiger partial charge in [-0.2, -0.15) is 0 Å². The number of rotatable bonds is 6. The zero-order valence-corrected chi connectivity index (χ0v) is 14.9. The van der Waals surface area contributed by atoms with E-state index in [4.69, 9.17) is 16.0 Å². The summed E-state index contributed by atoms with van der Waals surface area (Å²) in [7, 11) is 0. The quantitative estimate of drug-likeness (QED) is 0.632. The fraction of sp³-hybridized carbons (Fsp3) is 0.158. The lowest BCUT2D eigenvalue weighted by Gasteiger charge is -2.11. The number of aliphatic hydroxyl groups excluding tert-OH is 1. The monoisotopic (exact) mass is 381 g/mol. The van der Waals surface area contributed by atoms with Gasteiger partial charge in [-0.3, -0.25) is 0 Å². The van der Waals surface area contributed by atoms with Crippen LogP contribution in [0.4, 0.5) is 4.39 Å². The van der Waals surface area contributed by atoms with Gasteiger partial charge in [0.05, 0.1) is 17.7 Å². The molecular weight excluding hydrogens is 364 g/mol. The number of halogens is 3. The minimum absolute atomic E-state index is 0. The molecule has 3 rings (SSSR count). The first-order valence-corrected chi connectivity index (χ1v) is 7.99. The largest absolute Gasteiger partial charge is 0.460 e. The number of aliphatic hydroxyl groups is 1. The van der Waals surface area contributed by atoms with Gasteiger partial charge >= 0.3 is 0 Å². The van der Waals surface area contributed by atoms with Gasteiger partial charge < -0.3 is 14.8 Å². The maximum atomic E-state index is 13.2. The smallest absolute Gasteiger partial charge is 0.141 e. The fourth-order valence-corrected chi connectivity index (χ4v) is 2.58. The Kier molecular flexibility index (Phi) is 7.02. The van der Waals surface area contributed by atoms with Crippen LogP contribution in [0.1, 0.15) is 17.4 Å². The van der Waals surface area contributed by atoms with Crippen molar-refractivity contribution in [3.63, 3.8) is 0 Å². The SMILES string of the molecule is Cl.OC(CNCc1ccc(-c2ccc(F)c(Cl)c2)o1)c1ccccc1. The first kappa shape index (κ1) is 19.5. The summed E-state index contributed by atoms with van der Waals surface area (Å²) in [6.45, 7) is 0.904. The molecule has 1 aromatic heterocycles. The van der Waals surface area contributed by atoms with Crippen molar-refractivity contribution in [3.05, 3.63) is 82.8 Å². The second kappa shape index (κ2) is 9.02. The molecule has 6 heteroatoms. The van der Waals surface area contributed by atoms with Crippen LogP contribution in [0.5, 0.6) is 0 Å². The van der Waals surface area contributed by atoms with Gasteiger partial charge in [0.1, 0.15) is 17.3 Å². The molecule has 3 nitrogen and oxygen atoms in total. The highest BCUT2D eigenvalue weighted by atomic mass is 35.5. The Morgan fingerprint density at radius 2 is 1.84 bits per heavy atom. The highest BCUT2D eigenvalue weighted by Gasteiger charge is 2.09. The first-order valence-electron chi connectivity index (χ1n) is 7.61. The molecule has 132 valence electrons. The molecule has 2 aromatic carbocycles. The van der Waals surface area contributed by atoms with Crippen molar-refractivity contribution in [2.24, 2.45) is 0 Å². The van der Waals surface area contributed by atoms with E-state index in [1.54, 1.807) is 6.07 Å². The molecular formula is C19H18Cl2FNO2. The van der Waals surface area contributed by atoms with Gasteiger partial charge in [-0.1, -0.05) is 41.9 Å². The zero-order valence-electron chi connectivity index (χ0n) is 13.3. The number of furan rings is 1. The molecule has 0 aliphatic rings. The molecule has 25 heavy (non-hydrogen) atoms. The lowest BCUT2D eigenvalue weighted by Crippen LogP contribution is -2.20. The average molecular weight is 382 g/mol. The number of nitrogens with one attached hydrogen (secondary N) is 1. The standard InChI is InChI=1S/C19H17ClFNO2.ClH/c20-16-10-14(6-8-17(16)21)19-9-7-15(24-19)11-22-12-18(23)13-4-2-1-3-5-13;/h1-10,18,22-23H,11-12H2;1H. The average Bonchev–Trinajstić information content (AvgIpc) is 3.07. The maximum absolute atomic E-state index is 13.2. The Balaban J connectivity index is 0.00000225. The minimum Gasteiger partial charge on any atom is -0.460 e. The highest BCUT2D eigenvalue weighted by molar-refractivity contribution is 6.31. The van der Waals surface area contributed by atoms with Crippen LogP contribution < -0.4 is 5.32 Å². The van der Waals surface area contributed by atoms with Gasteiger partial charge in [-0.15, -0.1) is 12.4 Å². The Bertz CT molecular complexity index is 808. The van der Waals surface area contributed by atoms with Crippen LogP contribution in [0.15, 0.2) is 65.1 Å². The van der Waals surface area contributed by atoms with Crippen molar-refractivity contribution in [2.75, 3.05) is 6.54 Å². The van der Waals surface area contributed by atoms with E-state index < -0.39 is 11.9 Å². The molecule has 0 aliphatic carbocycles. The van der Waals surface area contributed by atoms with E-state index in [-0.39, 0.29) is 17.4 Å². The third-order valence-electron chi connectivity index (χ3n) is 3.69. The highest BCUT2D eigenvalue weighted by Crippen LogP contribution is 2.26. The topological polar surface area (TPSA) is 45.4 Å². The second-order valence-corrected chi connectivity index (χ2v) is 5.86. The van der Waals surface area contributed by atoms with Crippen molar-refractivity contribution in [2.45, 2.75) is 12.6 Å². The molecule has 3 aromatic rings. The van der Waals surface area contributed by atoms with Gasteiger partial charge in [-0.25, -0.2) is 4.39 Å². The second-order valence-electron chi connectivity index (χ2n) is 5.45. The zero-order chi connectivity index (χ0) is 16.9. The molecule has 0 amide bonds. The summed E-state index contributed by atoms with van der Waals surface area (Å²) in [5, 5.41) is 13.3. The van der Waals surface area contributed by atoms with Crippen LogP contribution in [-0.2, 0) is 6.54 Å². The fourth-order valence-electron chi connectivity index (χ4n) is 2.40. The predicted octanol–water partition coefficient (Wildman–Crippen LogP) is 4.98. The summed E-state index contributed by atoms with van der Waals surface area (Å²) in [5.41, 5.74) is 1.59. The van der Waals surface area contributed by atoms with Gasteiger partial charge in [0.25, 0.3) is 0 Å². The van der Waals surface area contributed by atoms with Crippen molar-refractivity contribution < 1.29 is 13.9 Å². The molecule has 0 aliphatic heterocycles. The van der Waals surface area contributed by atoms with E-state index in [0.717, 1.165) is 16.9 Å². The van der Waals surface area contributed by atoms with Crippen molar-refractivity contribution in [1.82, 2.24) is 5.32 Å². The molecule has 0 radical (unpaired) electrons. The molecule has 1 unspecified atom stereocenters. The van der Waals surface area contributed by atoms with Gasteiger partial charge in [0.2, 0.25) is 0 Å². The predicted molar refractivity (Wildman–Crippen MR) is 99.5 cm³/mol. The summed E-state index contributed by atoms with van der Waals surface area (Å²) in [4.78, 5) is 0. The maximum Gasteiger partial charge on any atom is 0.141 e. The Labute approximate surface area is 156 Å². The van der Waals surface area contributed by atoms with E-state index in [2.05, 4.69) is 5.32 Å². The number of benzene rings is 2. The Hall–Kier alpha value is -1.85. The Morgan fingerprint density at radius 3 is 2.56 bits per heavy atom.